The Kier molecular flexibility index (Phi) is 7.07. The maximum absolute atomic E-state index is 10.6. The highest BCUT2D eigenvalue weighted by Gasteiger charge is 2.04. The molecule has 0 aromatic rings. The van der Waals surface area contributed by atoms with Crippen molar-refractivity contribution in [3.8, 4) is 0 Å². The number of aliphatic carboxylic acids is 1. The lowest BCUT2D eigenvalue weighted by atomic mass is 10.2. The number of hydrogen-bond donors (Lipinski definition) is 2. The van der Waals surface area contributed by atoms with Crippen molar-refractivity contribution >= 4 is 5.97 Å². The van der Waals surface area contributed by atoms with Crippen molar-refractivity contribution in [1.82, 2.24) is 5.32 Å². The van der Waals surface area contributed by atoms with Crippen LogP contribution in [0, 0.1) is 0 Å². The Morgan fingerprint density at radius 3 is 2.54 bits per heavy atom. The molecule has 0 rings (SSSR count). The normalized spacial score (nSPS) is 11.4. The van der Waals surface area contributed by atoms with Gasteiger partial charge in [-0.2, -0.15) is 0 Å². The molecule has 0 aliphatic rings. The van der Waals surface area contributed by atoms with Crippen LogP contribution in [0.15, 0.2) is 11.8 Å². The van der Waals surface area contributed by atoms with E-state index in [1.807, 2.05) is 6.92 Å². The molecule has 3 nitrogen and oxygen atoms in total. The van der Waals surface area contributed by atoms with E-state index in [1.165, 1.54) is 0 Å². The number of carboxylic acid groups (broad SMARTS) is 1. The standard InChI is InChI=1S/C10H19NO2/c1-3-5-7-11-8-9(6-4-2)10(12)13/h8,11H,3-7H2,1-2H3,(H,12,13). The minimum atomic E-state index is -0.814. The Balaban J connectivity index is 3.82. The number of carbonyl (C=O) groups is 1. The lowest BCUT2D eigenvalue weighted by molar-refractivity contribution is -0.132. The minimum Gasteiger partial charge on any atom is -0.478 e. The SMILES string of the molecule is CCCCNC=C(CCC)C(=O)O. The molecule has 0 spiro atoms. The molecule has 0 radical (unpaired) electrons. The highest BCUT2D eigenvalue weighted by molar-refractivity contribution is 5.86. The number of rotatable bonds is 7. The highest BCUT2D eigenvalue weighted by Crippen LogP contribution is 2.03. The maximum Gasteiger partial charge on any atom is 0.333 e. The van der Waals surface area contributed by atoms with Crippen LogP contribution in [0.3, 0.4) is 0 Å². The number of hydrogen-bond acceptors (Lipinski definition) is 2. The predicted molar refractivity (Wildman–Crippen MR) is 53.5 cm³/mol. The maximum atomic E-state index is 10.6. The molecule has 0 bridgehead atoms. The molecule has 0 aliphatic heterocycles. The van der Waals surface area contributed by atoms with Crippen LogP contribution in [-0.4, -0.2) is 17.6 Å². The van der Waals surface area contributed by atoms with Gasteiger partial charge in [-0.05, 0) is 12.8 Å². The highest BCUT2D eigenvalue weighted by atomic mass is 16.4. The third-order valence-electron chi connectivity index (χ3n) is 1.74. The van der Waals surface area contributed by atoms with Crippen LogP contribution in [0.1, 0.15) is 39.5 Å². The zero-order valence-electron chi connectivity index (χ0n) is 8.47. The molecule has 76 valence electrons. The summed E-state index contributed by atoms with van der Waals surface area (Å²) in [5, 5.41) is 11.8. The van der Waals surface area contributed by atoms with Crippen LogP contribution >= 0.6 is 0 Å². The summed E-state index contributed by atoms with van der Waals surface area (Å²) >= 11 is 0. The molecule has 0 fully saturated rings. The molecule has 0 aromatic heterocycles. The fourth-order valence-electron chi connectivity index (χ4n) is 0.984. The van der Waals surface area contributed by atoms with Gasteiger partial charge in [0.25, 0.3) is 0 Å². The second-order valence-electron chi connectivity index (χ2n) is 3.03. The van der Waals surface area contributed by atoms with Gasteiger partial charge in [-0.25, -0.2) is 4.79 Å². The monoisotopic (exact) mass is 185 g/mol. The molecule has 3 heteroatoms. The molecule has 0 aromatic carbocycles. The molecule has 0 amide bonds. The van der Waals surface area contributed by atoms with Gasteiger partial charge in [-0.1, -0.05) is 26.7 Å². The van der Waals surface area contributed by atoms with Crippen LogP contribution in [0.2, 0.25) is 0 Å². The summed E-state index contributed by atoms with van der Waals surface area (Å²) in [5.41, 5.74) is 0.471. The summed E-state index contributed by atoms with van der Waals surface area (Å²) in [4.78, 5) is 10.6. The van der Waals surface area contributed by atoms with E-state index in [1.54, 1.807) is 6.20 Å². The summed E-state index contributed by atoms with van der Waals surface area (Å²) in [5.74, 6) is -0.814. The number of unbranched alkanes of at least 4 members (excludes halogenated alkanes) is 1. The summed E-state index contributed by atoms with van der Waals surface area (Å²) in [7, 11) is 0. The third-order valence-corrected chi connectivity index (χ3v) is 1.74. The van der Waals surface area contributed by atoms with E-state index < -0.39 is 5.97 Å². The summed E-state index contributed by atoms with van der Waals surface area (Å²) in [6.07, 6.45) is 5.33. The van der Waals surface area contributed by atoms with E-state index in [-0.39, 0.29) is 0 Å². The molecule has 0 atom stereocenters. The topological polar surface area (TPSA) is 49.3 Å². The molecular formula is C10H19NO2. The van der Waals surface area contributed by atoms with E-state index in [2.05, 4.69) is 12.2 Å². The number of nitrogens with one attached hydrogen (secondary N) is 1. The van der Waals surface area contributed by atoms with Crippen molar-refractivity contribution in [3.63, 3.8) is 0 Å². The predicted octanol–water partition coefficient (Wildman–Crippen LogP) is 2.14. The zero-order valence-corrected chi connectivity index (χ0v) is 8.47. The second-order valence-corrected chi connectivity index (χ2v) is 3.03. The van der Waals surface area contributed by atoms with Gasteiger partial charge < -0.3 is 10.4 Å². The van der Waals surface area contributed by atoms with Gasteiger partial charge in [0.15, 0.2) is 0 Å². The van der Waals surface area contributed by atoms with Gasteiger partial charge in [-0.15, -0.1) is 0 Å². The molecular weight excluding hydrogens is 166 g/mol. The first-order valence-electron chi connectivity index (χ1n) is 4.88. The summed E-state index contributed by atoms with van der Waals surface area (Å²) in [6, 6.07) is 0. The molecule has 13 heavy (non-hydrogen) atoms. The smallest absolute Gasteiger partial charge is 0.333 e. The van der Waals surface area contributed by atoms with Crippen molar-refractivity contribution < 1.29 is 9.90 Å². The molecule has 0 saturated carbocycles. The Hall–Kier alpha value is -0.990. The summed E-state index contributed by atoms with van der Waals surface area (Å²) in [6.45, 7) is 4.94. The van der Waals surface area contributed by atoms with Crippen molar-refractivity contribution in [2.24, 2.45) is 0 Å². The van der Waals surface area contributed by atoms with Crippen molar-refractivity contribution in [1.29, 1.82) is 0 Å². The average molecular weight is 185 g/mol. The van der Waals surface area contributed by atoms with E-state index in [9.17, 15) is 4.79 Å². The lowest BCUT2D eigenvalue weighted by Gasteiger charge is -2.02. The first-order valence-corrected chi connectivity index (χ1v) is 4.88. The van der Waals surface area contributed by atoms with Crippen LogP contribution in [0.5, 0.6) is 0 Å². The molecule has 0 aliphatic carbocycles. The quantitative estimate of drug-likeness (QED) is 0.472. The molecule has 0 heterocycles. The van der Waals surface area contributed by atoms with Crippen molar-refractivity contribution in [2.45, 2.75) is 39.5 Å². The van der Waals surface area contributed by atoms with E-state index in [0.717, 1.165) is 25.8 Å². The second kappa shape index (κ2) is 7.65. The first kappa shape index (κ1) is 12.0. The van der Waals surface area contributed by atoms with Crippen molar-refractivity contribution in [3.05, 3.63) is 11.8 Å². The van der Waals surface area contributed by atoms with Gasteiger partial charge in [0, 0.05) is 12.7 Å². The van der Waals surface area contributed by atoms with Crippen LogP contribution in [-0.2, 0) is 4.79 Å². The largest absolute Gasteiger partial charge is 0.478 e. The summed E-state index contributed by atoms with van der Waals surface area (Å²) < 4.78 is 0. The van der Waals surface area contributed by atoms with E-state index >= 15 is 0 Å². The van der Waals surface area contributed by atoms with Crippen LogP contribution < -0.4 is 5.32 Å². The Labute approximate surface area is 79.8 Å². The van der Waals surface area contributed by atoms with Crippen LogP contribution in [0.4, 0.5) is 0 Å². The Bertz CT molecular complexity index is 176. The van der Waals surface area contributed by atoms with Crippen LogP contribution in [0.25, 0.3) is 0 Å². The lowest BCUT2D eigenvalue weighted by Crippen LogP contribution is -2.11. The Morgan fingerprint density at radius 1 is 1.38 bits per heavy atom. The van der Waals surface area contributed by atoms with Gasteiger partial charge in [0.1, 0.15) is 0 Å². The zero-order chi connectivity index (χ0) is 10.1. The van der Waals surface area contributed by atoms with Gasteiger partial charge >= 0.3 is 5.97 Å². The van der Waals surface area contributed by atoms with Gasteiger partial charge in [0.2, 0.25) is 0 Å². The first-order chi connectivity index (χ1) is 6.22. The minimum absolute atomic E-state index is 0.471. The molecule has 0 unspecified atom stereocenters. The molecule has 2 N–H and O–H groups in total. The van der Waals surface area contributed by atoms with E-state index in [0.29, 0.717) is 12.0 Å². The van der Waals surface area contributed by atoms with E-state index in [4.69, 9.17) is 5.11 Å². The Morgan fingerprint density at radius 2 is 2.08 bits per heavy atom. The fourth-order valence-corrected chi connectivity index (χ4v) is 0.984. The van der Waals surface area contributed by atoms with Crippen molar-refractivity contribution in [2.75, 3.05) is 6.54 Å². The third kappa shape index (κ3) is 6.20. The molecule has 0 saturated heterocycles. The average Bonchev–Trinajstić information content (AvgIpc) is 2.10. The number of carboxylic acids is 1. The fraction of sp³-hybridized carbons (Fsp3) is 0.700. The van der Waals surface area contributed by atoms with Gasteiger partial charge in [0.05, 0.1) is 5.57 Å². The van der Waals surface area contributed by atoms with Gasteiger partial charge in [-0.3, -0.25) is 0 Å².